The number of nitrogens with zero attached hydrogens (tertiary/aromatic N) is 4. The summed E-state index contributed by atoms with van der Waals surface area (Å²) >= 11 is 0. The van der Waals surface area contributed by atoms with Crippen molar-refractivity contribution in [2.45, 2.75) is 25.7 Å². The maximum atomic E-state index is 12.9. The molecule has 30 heavy (non-hydrogen) atoms. The molecule has 0 saturated carbocycles. The van der Waals surface area contributed by atoms with Gasteiger partial charge in [-0.25, -0.2) is 9.97 Å². The van der Waals surface area contributed by atoms with Gasteiger partial charge in [0.15, 0.2) is 0 Å². The van der Waals surface area contributed by atoms with E-state index in [2.05, 4.69) is 25.1 Å². The second-order valence-electron chi connectivity index (χ2n) is 7.98. The topological polar surface area (TPSA) is 104 Å². The van der Waals surface area contributed by atoms with E-state index in [1.54, 1.807) is 18.5 Å². The smallest absolute Gasteiger partial charge is 0.227 e. The molecule has 0 bridgehead atoms. The second kappa shape index (κ2) is 9.11. The fourth-order valence-electron chi connectivity index (χ4n) is 4.29. The molecule has 2 aromatic rings. The molecule has 2 aliphatic heterocycles. The molecule has 0 spiro atoms. The van der Waals surface area contributed by atoms with Gasteiger partial charge in [0.25, 0.3) is 0 Å². The van der Waals surface area contributed by atoms with Crippen LogP contribution in [0.25, 0.3) is 0 Å². The van der Waals surface area contributed by atoms with Crippen LogP contribution >= 0.6 is 0 Å². The van der Waals surface area contributed by atoms with Crippen molar-refractivity contribution < 1.29 is 9.59 Å². The van der Waals surface area contributed by atoms with E-state index in [1.165, 1.54) is 0 Å². The normalized spacial score (nSPS) is 18.3. The van der Waals surface area contributed by atoms with Gasteiger partial charge >= 0.3 is 0 Å². The highest BCUT2D eigenvalue weighted by Gasteiger charge is 2.28. The van der Waals surface area contributed by atoms with E-state index in [9.17, 15) is 9.59 Å². The largest absolute Gasteiger partial charge is 0.370 e. The summed E-state index contributed by atoms with van der Waals surface area (Å²) in [4.78, 5) is 37.3. The molecule has 0 unspecified atom stereocenters. The third-order valence-corrected chi connectivity index (χ3v) is 6.10. The Kier molecular flexibility index (Phi) is 6.11. The number of carbonyl (C=O) groups excluding carboxylic acids is 2. The van der Waals surface area contributed by atoms with Crippen LogP contribution in [0.2, 0.25) is 0 Å². The summed E-state index contributed by atoms with van der Waals surface area (Å²) in [5, 5.41) is 3.14. The lowest BCUT2D eigenvalue weighted by Crippen LogP contribution is -2.40. The van der Waals surface area contributed by atoms with Crippen molar-refractivity contribution in [3.05, 3.63) is 42.7 Å². The average Bonchev–Trinajstić information content (AvgIpc) is 2.80. The number of para-hydroxylation sites is 2. The van der Waals surface area contributed by atoms with Gasteiger partial charge in [-0.2, -0.15) is 0 Å². The first-order chi connectivity index (χ1) is 14.6. The Morgan fingerprint density at radius 1 is 0.867 bits per heavy atom. The lowest BCUT2D eigenvalue weighted by Gasteiger charge is -2.34. The van der Waals surface area contributed by atoms with Gasteiger partial charge in [0.2, 0.25) is 17.8 Å². The van der Waals surface area contributed by atoms with E-state index in [1.807, 2.05) is 24.3 Å². The Morgan fingerprint density at radius 3 is 2.13 bits per heavy atom. The van der Waals surface area contributed by atoms with Crippen LogP contribution < -0.4 is 20.9 Å². The van der Waals surface area contributed by atoms with Gasteiger partial charge in [-0.15, -0.1) is 0 Å². The minimum absolute atomic E-state index is 0.0291. The summed E-state index contributed by atoms with van der Waals surface area (Å²) in [6, 6.07) is 9.68. The molecule has 1 aromatic heterocycles. The monoisotopic (exact) mass is 408 g/mol. The zero-order chi connectivity index (χ0) is 20.9. The summed E-state index contributed by atoms with van der Waals surface area (Å²) in [6.07, 6.45) is 6.52. The molecule has 2 saturated heterocycles. The molecule has 8 nitrogen and oxygen atoms in total. The number of hydrogen-bond donors (Lipinski definition) is 2. The molecule has 0 radical (unpaired) electrons. The van der Waals surface area contributed by atoms with Crippen molar-refractivity contribution in [3.63, 3.8) is 0 Å². The van der Waals surface area contributed by atoms with Crippen LogP contribution in [-0.2, 0) is 9.59 Å². The Morgan fingerprint density at radius 2 is 1.47 bits per heavy atom. The third kappa shape index (κ3) is 4.53. The lowest BCUT2D eigenvalue weighted by atomic mass is 9.95. The molecule has 3 heterocycles. The molecular formula is C22H28N6O2. The Balaban J connectivity index is 1.36. The molecule has 4 rings (SSSR count). The van der Waals surface area contributed by atoms with Crippen molar-refractivity contribution in [1.29, 1.82) is 0 Å². The van der Waals surface area contributed by atoms with Crippen molar-refractivity contribution in [3.8, 4) is 0 Å². The highest BCUT2D eigenvalue weighted by molar-refractivity contribution is 5.96. The molecule has 2 fully saturated rings. The third-order valence-electron chi connectivity index (χ3n) is 6.10. The molecule has 3 N–H and O–H groups in total. The zero-order valence-corrected chi connectivity index (χ0v) is 17.0. The number of anilines is 3. The first kappa shape index (κ1) is 20.1. The van der Waals surface area contributed by atoms with Gasteiger partial charge in [-0.1, -0.05) is 12.1 Å². The highest BCUT2D eigenvalue weighted by Crippen LogP contribution is 2.31. The molecule has 1 aromatic carbocycles. The minimum atomic E-state index is -0.219. The lowest BCUT2D eigenvalue weighted by molar-refractivity contribution is -0.122. The number of piperidine rings is 2. The van der Waals surface area contributed by atoms with E-state index < -0.39 is 0 Å². The van der Waals surface area contributed by atoms with Gasteiger partial charge in [-0.05, 0) is 43.9 Å². The number of rotatable bonds is 5. The summed E-state index contributed by atoms with van der Waals surface area (Å²) in [5.41, 5.74) is 7.28. The molecule has 8 heteroatoms. The molecule has 158 valence electrons. The number of nitrogens with one attached hydrogen (secondary N) is 1. The van der Waals surface area contributed by atoms with Crippen molar-refractivity contribution in [2.24, 2.45) is 17.6 Å². The number of aromatic nitrogens is 2. The SMILES string of the molecule is NC(=O)C1CCN(c2ccccc2NC(=O)C2CCN(c3ncccn3)CC2)CC1. The minimum Gasteiger partial charge on any atom is -0.370 e. The van der Waals surface area contributed by atoms with Crippen LogP contribution in [0.1, 0.15) is 25.7 Å². The molecule has 0 aliphatic carbocycles. The molecule has 0 atom stereocenters. The van der Waals surface area contributed by atoms with E-state index >= 15 is 0 Å². The Labute approximate surface area is 176 Å². The standard InChI is InChI=1S/C22H28N6O2/c23-20(29)16-6-12-27(13-7-16)19-5-2-1-4-18(19)26-21(30)17-8-14-28(15-9-17)22-24-10-3-11-25-22/h1-5,10-11,16-17H,6-9,12-15H2,(H2,23,29)(H,26,30). The van der Waals surface area contributed by atoms with Crippen LogP contribution in [0.3, 0.4) is 0 Å². The summed E-state index contributed by atoms with van der Waals surface area (Å²) in [5.74, 6) is 0.480. The van der Waals surface area contributed by atoms with E-state index in [4.69, 9.17) is 5.73 Å². The van der Waals surface area contributed by atoms with Gasteiger partial charge in [0.1, 0.15) is 0 Å². The quantitative estimate of drug-likeness (QED) is 0.784. The summed E-state index contributed by atoms with van der Waals surface area (Å²) in [6.45, 7) is 3.06. The van der Waals surface area contributed by atoms with E-state index in [-0.39, 0.29) is 23.7 Å². The van der Waals surface area contributed by atoms with Gasteiger partial charge in [-0.3, -0.25) is 9.59 Å². The number of amides is 2. The number of hydrogen-bond acceptors (Lipinski definition) is 6. The van der Waals surface area contributed by atoms with Crippen LogP contribution in [0.4, 0.5) is 17.3 Å². The van der Waals surface area contributed by atoms with Gasteiger partial charge in [0.05, 0.1) is 11.4 Å². The van der Waals surface area contributed by atoms with Crippen LogP contribution in [0.15, 0.2) is 42.7 Å². The van der Waals surface area contributed by atoms with Crippen LogP contribution in [-0.4, -0.2) is 48.0 Å². The fourth-order valence-corrected chi connectivity index (χ4v) is 4.29. The Bertz CT molecular complexity index is 874. The van der Waals surface area contributed by atoms with E-state index in [0.29, 0.717) is 0 Å². The number of benzene rings is 1. The maximum Gasteiger partial charge on any atom is 0.227 e. The number of carbonyl (C=O) groups is 2. The predicted octanol–water partition coefficient (Wildman–Crippen LogP) is 2.03. The number of primary amides is 1. The van der Waals surface area contributed by atoms with E-state index in [0.717, 1.165) is 69.2 Å². The Hall–Kier alpha value is -3.16. The van der Waals surface area contributed by atoms with Crippen molar-refractivity contribution in [1.82, 2.24) is 9.97 Å². The molecule has 2 aliphatic rings. The first-order valence-electron chi connectivity index (χ1n) is 10.6. The molecule has 2 amide bonds. The van der Waals surface area contributed by atoms with Gasteiger partial charge in [0, 0.05) is 50.4 Å². The predicted molar refractivity (Wildman–Crippen MR) is 116 cm³/mol. The van der Waals surface area contributed by atoms with Gasteiger partial charge < -0.3 is 20.9 Å². The maximum absolute atomic E-state index is 12.9. The van der Waals surface area contributed by atoms with Crippen molar-refractivity contribution in [2.75, 3.05) is 41.3 Å². The second-order valence-corrected chi connectivity index (χ2v) is 7.98. The number of nitrogens with two attached hydrogens (primary N) is 1. The van der Waals surface area contributed by atoms with Crippen LogP contribution in [0.5, 0.6) is 0 Å². The average molecular weight is 409 g/mol. The molecular weight excluding hydrogens is 380 g/mol. The highest BCUT2D eigenvalue weighted by atomic mass is 16.2. The summed E-state index contributed by atoms with van der Waals surface area (Å²) < 4.78 is 0. The fraction of sp³-hybridized carbons (Fsp3) is 0.455. The van der Waals surface area contributed by atoms with Crippen LogP contribution in [0, 0.1) is 11.8 Å². The zero-order valence-electron chi connectivity index (χ0n) is 17.0. The summed E-state index contributed by atoms with van der Waals surface area (Å²) in [7, 11) is 0. The van der Waals surface area contributed by atoms with Crippen molar-refractivity contribution >= 4 is 29.1 Å². The first-order valence-corrected chi connectivity index (χ1v) is 10.6.